The van der Waals surface area contributed by atoms with E-state index in [1.54, 1.807) is 0 Å². The second-order valence-electron chi connectivity index (χ2n) is 6.67. The van der Waals surface area contributed by atoms with Crippen LogP contribution in [0, 0.1) is 6.92 Å². The molecule has 1 aliphatic rings. The molecule has 0 unspecified atom stereocenters. The molecule has 2 aromatic rings. The summed E-state index contributed by atoms with van der Waals surface area (Å²) in [5, 5.41) is 10.3. The largest absolute Gasteiger partial charge is 0.430 e. The van der Waals surface area contributed by atoms with E-state index >= 15 is 0 Å². The summed E-state index contributed by atoms with van der Waals surface area (Å²) in [4.78, 5) is 6.94. The molecule has 1 saturated heterocycles. The molecule has 0 spiro atoms. The number of anilines is 2. The van der Waals surface area contributed by atoms with Crippen molar-refractivity contribution in [2.45, 2.75) is 20.8 Å². The van der Waals surface area contributed by atoms with Gasteiger partial charge in [-0.25, -0.2) is 0 Å². The molecule has 1 fully saturated rings. The van der Waals surface area contributed by atoms with Crippen LogP contribution in [0.2, 0.25) is 0 Å². The minimum atomic E-state index is 0.230. The van der Waals surface area contributed by atoms with Crippen molar-refractivity contribution < 1.29 is 9.52 Å². The number of aryl methyl sites for hydroxylation is 1. The van der Waals surface area contributed by atoms with E-state index in [1.165, 1.54) is 16.6 Å². The Morgan fingerprint density at radius 1 is 1.08 bits per heavy atom. The van der Waals surface area contributed by atoms with Crippen LogP contribution in [0.3, 0.4) is 0 Å². The lowest BCUT2D eigenvalue weighted by Gasteiger charge is -2.31. The zero-order valence-electron chi connectivity index (χ0n) is 15.7. The summed E-state index contributed by atoms with van der Waals surface area (Å²) in [5.74, 6) is 0.949. The number of nitrogens with zero attached hydrogens (tertiary/aromatic N) is 3. The summed E-state index contributed by atoms with van der Waals surface area (Å²) in [7, 11) is 0. The van der Waals surface area contributed by atoms with E-state index in [-0.39, 0.29) is 6.61 Å². The Morgan fingerprint density at radius 3 is 2.44 bits per heavy atom. The zero-order chi connectivity index (χ0) is 17.8. The highest BCUT2D eigenvalue weighted by molar-refractivity contribution is 5.84. The SMILES string of the molecule is CCN(CC)c1ccc2c(C)cc(N3CCN(CCO)CC3)[o+]c2c1. The van der Waals surface area contributed by atoms with Crippen molar-refractivity contribution in [1.82, 2.24) is 4.90 Å². The summed E-state index contributed by atoms with van der Waals surface area (Å²) in [6, 6.07) is 8.68. The van der Waals surface area contributed by atoms with Gasteiger partial charge in [-0.2, -0.15) is 4.42 Å². The molecule has 1 aromatic heterocycles. The zero-order valence-corrected chi connectivity index (χ0v) is 15.7. The van der Waals surface area contributed by atoms with Crippen molar-refractivity contribution in [1.29, 1.82) is 0 Å². The molecular formula is C20H30N3O2+. The summed E-state index contributed by atoms with van der Waals surface area (Å²) < 4.78 is 6.29. The number of aliphatic hydroxyl groups is 1. The summed E-state index contributed by atoms with van der Waals surface area (Å²) >= 11 is 0. The van der Waals surface area contributed by atoms with E-state index in [9.17, 15) is 0 Å². The third-order valence-corrected chi connectivity index (χ3v) is 5.17. The average Bonchev–Trinajstić information content (AvgIpc) is 2.63. The van der Waals surface area contributed by atoms with Crippen LogP contribution >= 0.6 is 0 Å². The van der Waals surface area contributed by atoms with E-state index in [2.05, 4.69) is 59.7 Å². The first-order chi connectivity index (χ1) is 12.2. The Bertz CT molecular complexity index is 707. The van der Waals surface area contributed by atoms with Crippen molar-refractivity contribution in [2.24, 2.45) is 0 Å². The summed E-state index contributed by atoms with van der Waals surface area (Å²) in [6.07, 6.45) is 0. The number of β-amino-alcohol motifs (C(OH)–C–C–N with tert-alkyl or cyclic N) is 1. The van der Waals surface area contributed by atoms with Crippen LogP contribution in [0.25, 0.3) is 11.0 Å². The smallest absolute Gasteiger partial charge is 0.395 e. The summed E-state index contributed by atoms with van der Waals surface area (Å²) in [6.45, 7) is 13.3. The van der Waals surface area contributed by atoms with E-state index in [1.807, 2.05) is 0 Å². The topological polar surface area (TPSA) is 41.2 Å². The van der Waals surface area contributed by atoms with Crippen LogP contribution in [0.15, 0.2) is 28.7 Å². The van der Waals surface area contributed by atoms with Crippen LogP contribution in [-0.2, 0) is 0 Å². The number of fused-ring (bicyclic) bond motifs is 1. The molecule has 2 heterocycles. The van der Waals surface area contributed by atoms with Crippen LogP contribution in [-0.4, -0.2) is 62.4 Å². The Labute approximate surface area is 150 Å². The van der Waals surface area contributed by atoms with Crippen LogP contribution < -0.4 is 9.80 Å². The predicted molar refractivity (Wildman–Crippen MR) is 105 cm³/mol. The fraction of sp³-hybridized carbons (Fsp3) is 0.550. The molecule has 1 aliphatic heterocycles. The van der Waals surface area contributed by atoms with Gasteiger partial charge in [-0.3, -0.25) is 9.80 Å². The molecule has 0 amide bonds. The molecule has 1 N–H and O–H groups in total. The maximum Gasteiger partial charge on any atom is 0.430 e. The molecule has 0 aliphatic carbocycles. The molecule has 136 valence electrons. The third kappa shape index (κ3) is 3.88. The first-order valence-corrected chi connectivity index (χ1v) is 9.36. The molecule has 1 aromatic carbocycles. The van der Waals surface area contributed by atoms with Crippen LogP contribution in [0.5, 0.6) is 0 Å². The lowest BCUT2D eigenvalue weighted by molar-refractivity contribution is 0.187. The van der Waals surface area contributed by atoms with Gasteiger partial charge >= 0.3 is 11.5 Å². The number of rotatable bonds is 6. The van der Waals surface area contributed by atoms with Crippen molar-refractivity contribution in [3.63, 3.8) is 0 Å². The van der Waals surface area contributed by atoms with Crippen molar-refractivity contribution in [3.8, 4) is 0 Å². The lowest BCUT2D eigenvalue weighted by Crippen LogP contribution is -2.47. The number of hydrogen-bond donors (Lipinski definition) is 1. The summed E-state index contributed by atoms with van der Waals surface area (Å²) in [5.41, 5.74) is 3.42. The van der Waals surface area contributed by atoms with Gasteiger partial charge in [0, 0.05) is 51.5 Å². The maximum absolute atomic E-state index is 9.09. The first-order valence-electron chi connectivity index (χ1n) is 9.36. The third-order valence-electron chi connectivity index (χ3n) is 5.17. The fourth-order valence-electron chi connectivity index (χ4n) is 3.60. The fourth-order valence-corrected chi connectivity index (χ4v) is 3.60. The van der Waals surface area contributed by atoms with E-state index < -0.39 is 0 Å². The van der Waals surface area contributed by atoms with E-state index in [0.29, 0.717) is 0 Å². The predicted octanol–water partition coefficient (Wildman–Crippen LogP) is 2.98. The van der Waals surface area contributed by atoms with Gasteiger partial charge in [0.05, 0.1) is 24.1 Å². The molecule has 5 heteroatoms. The van der Waals surface area contributed by atoms with Crippen LogP contribution in [0.4, 0.5) is 11.6 Å². The molecular weight excluding hydrogens is 314 g/mol. The Morgan fingerprint density at radius 2 is 1.80 bits per heavy atom. The normalized spacial score (nSPS) is 15.8. The maximum atomic E-state index is 9.09. The Balaban J connectivity index is 1.87. The standard InChI is InChI=1S/C20H30N3O2/c1-4-22(5-2)17-6-7-18-16(3)14-20(25-19(18)15-17)23-10-8-21(9-11-23)12-13-24/h6-7,14-15,24H,4-5,8-13H2,1-3H3/q+1. The second-order valence-corrected chi connectivity index (χ2v) is 6.67. The minimum Gasteiger partial charge on any atom is -0.395 e. The van der Waals surface area contributed by atoms with Gasteiger partial charge in [0.25, 0.3) is 0 Å². The van der Waals surface area contributed by atoms with Gasteiger partial charge in [0.15, 0.2) is 0 Å². The molecule has 0 bridgehead atoms. The van der Waals surface area contributed by atoms with Gasteiger partial charge in [-0.15, -0.1) is 0 Å². The molecule has 5 nitrogen and oxygen atoms in total. The Hall–Kier alpha value is -1.85. The monoisotopic (exact) mass is 344 g/mol. The highest BCUT2D eigenvalue weighted by Crippen LogP contribution is 2.30. The van der Waals surface area contributed by atoms with Crippen LogP contribution in [0.1, 0.15) is 19.4 Å². The van der Waals surface area contributed by atoms with Gasteiger partial charge in [0.1, 0.15) is 0 Å². The van der Waals surface area contributed by atoms with Gasteiger partial charge < -0.3 is 10.0 Å². The second kappa shape index (κ2) is 8.02. The number of aliphatic hydroxyl groups excluding tert-OH is 1. The van der Waals surface area contributed by atoms with Gasteiger partial charge in [-0.1, -0.05) is 0 Å². The average molecular weight is 344 g/mol. The Kier molecular flexibility index (Phi) is 5.76. The number of piperazine rings is 1. The van der Waals surface area contributed by atoms with Gasteiger partial charge in [0.2, 0.25) is 0 Å². The van der Waals surface area contributed by atoms with Crippen molar-refractivity contribution >= 4 is 22.5 Å². The highest BCUT2D eigenvalue weighted by Gasteiger charge is 2.26. The molecule has 3 rings (SSSR count). The van der Waals surface area contributed by atoms with Crippen molar-refractivity contribution in [2.75, 3.05) is 62.2 Å². The van der Waals surface area contributed by atoms with E-state index in [0.717, 1.165) is 57.3 Å². The first kappa shape index (κ1) is 18.0. The molecule has 0 atom stereocenters. The van der Waals surface area contributed by atoms with E-state index in [4.69, 9.17) is 9.52 Å². The number of benzene rings is 1. The highest BCUT2D eigenvalue weighted by atomic mass is 16.4. The minimum absolute atomic E-state index is 0.230. The van der Waals surface area contributed by atoms with Crippen molar-refractivity contribution in [3.05, 3.63) is 29.8 Å². The quantitative estimate of drug-likeness (QED) is 0.816. The van der Waals surface area contributed by atoms with Gasteiger partial charge in [-0.05, 0) is 38.5 Å². The molecule has 0 saturated carbocycles. The lowest BCUT2D eigenvalue weighted by atomic mass is 10.1. The molecule has 25 heavy (non-hydrogen) atoms. The number of hydrogen-bond acceptors (Lipinski definition) is 4. The molecule has 0 radical (unpaired) electrons.